The average Bonchev–Trinajstić information content (AvgIpc) is 2.69. The van der Waals surface area contributed by atoms with Crippen LogP contribution in [0.1, 0.15) is 22.8 Å². The summed E-state index contributed by atoms with van der Waals surface area (Å²) in [5, 5.41) is 0. The van der Waals surface area contributed by atoms with Crippen LogP contribution in [0, 0.1) is 6.92 Å². The van der Waals surface area contributed by atoms with E-state index < -0.39 is 6.04 Å². The fourth-order valence-corrected chi connectivity index (χ4v) is 3.34. The monoisotopic (exact) mass is 368 g/mol. The molecule has 6 nitrogen and oxygen atoms in total. The van der Waals surface area contributed by atoms with E-state index in [-0.39, 0.29) is 11.8 Å². The Morgan fingerprint density at radius 1 is 1.04 bits per heavy atom. The number of carbonyl (C=O) groups is 2. The van der Waals surface area contributed by atoms with Gasteiger partial charge in [0.2, 0.25) is 5.91 Å². The molecule has 0 radical (unpaired) electrons. The molecule has 1 fully saturated rings. The number of ether oxygens (including phenoxy) is 2. The number of amides is 2. The van der Waals surface area contributed by atoms with Crippen molar-refractivity contribution < 1.29 is 19.1 Å². The third kappa shape index (κ3) is 3.60. The van der Waals surface area contributed by atoms with Crippen LogP contribution in [0.4, 0.5) is 5.69 Å². The van der Waals surface area contributed by atoms with Crippen LogP contribution in [-0.4, -0.2) is 50.1 Å². The Labute approximate surface area is 159 Å². The summed E-state index contributed by atoms with van der Waals surface area (Å²) in [7, 11) is 3.13. The number of rotatable bonds is 4. The normalized spacial score (nSPS) is 17.0. The van der Waals surface area contributed by atoms with E-state index in [0.717, 1.165) is 11.3 Å². The highest BCUT2D eigenvalue weighted by Crippen LogP contribution is 2.32. The number of hydrogen-bond acceptors (Lipinski definition) is 4. The van der Waals surface area contributed by atoms with Crippen molar-refractivity contribution >= 4 is 17.5 Å². The van der Waals surface area contributed by atoms with Gasteiger partial charge in [0, 0.05) is 30.4 Å². The summed E-state index contributed by atoms with van der Waals surface area (Å²) in [6.07, 6.45) is 0. The molecule has 2 amide bonds. The van der Waals surface area contributed by atoms with Gasteiger partial charge in [-0.1, -0.05) is 17.7 Å². The lowest BCUT2D eigenvalue weighted by molar-refractivity contribution is -0.124. The maximum absolute atomic E-state index is 13.0. The van der Waals surface area contributed by atoms with Gasteiger partial charge >= 0.3 is 0 Å². The lowest BCUT2D eigenvalue weighted by atomic mass is 10.1. The van der Waals surface area contributed by atoms with Crippen LogP contribution in [0.5, 0.6) is 11.5 Å². The first-order valence-electron chi connectivity index (χ1n) is 8.87. The number of nitrogens with zero attached hydrogens (tertiary/aromatic N) is 2. The summed E-state index contributed by atoms with van der Waals surface area (Å²) in [6.45, 7) is 4.60. The van der Waals surface area contributed by atoms with Crippen molar-refractivity contribution in [3.05, 3.63) is 53.6 Å². The van der Waals surface area contributed by atoms with Gasteiger partial charge in [0.1, 0.15) is 6.04 Å². The summed E-state index contributed by atoms with van der Waals surface area (Å²) >= 11 is 0. The fraction of sp³-hybridized carbons (Fsp3) is 0.333. The third-order valence-corrected chi connectivity index (χ3v) is 4.86. The first kappa shape index (κ1) is 18.8. The fourth-order valence-electron chi connectivity index (χ4n) is 3.34. The largest absolute Gasteiger partial charge is 0.493 e. The summed E-state index contributed by atoms with van der Waals surface area (Å²) in [5.41, 5.74) is 2.35. The number of aryl methyl sites for hydroxylation is 1. The summed E-state index contributed by atoms with van der Waals surface area (Å²) in [6, 6.07) is 12.3. The van der Waals surface area contributed by atoms with Crippen molar-refractivity contribution in [1.82, 2.24) is 4.90 Å². The van der Waals surface area contributed by atoms with E-state index >= 15 is 0 Å². The second-order valence-corrected chi connectivity index (χ2v) is 6.57. The van der Waals surface area contributed by atoms with Gasteiger partial charge in [-0.3, -0.25) is 9.59 Å². The van der Waals surface area contributed by atoms with Gasteiger partial charge in [-0.15, -0.1) is 0 Å². The van der Waals surface area contributed by atoms with Crippen molar-refractivity contribution in [3.8, 4) is 11.5 Å². The molecule has 142 valence electrons. The van der Waals surface area contributed by atoms with Gasteiger partial charge in [-0.25, -0.2) is 0 Å². The SMILES string of the molecule is COc1ccc(N2CCN(C(=O)c3cccc(C)c3)[C@H](C)C2=O)cc1OC. The number of anilines is 1. The highest BCUT2D eigenvalue weighted by molar-refractivity contribution is 6.03. The number of benzene rings is 2. The molecular weight excluding hydrogens is 344 g/mol. The number of carbonyl (C=O) groups excluding carboxylic acids is 2. The number of hydrogen-bond donors (Lipinski definition) is 0. The smallest absolute Gasteiger partial charge is 0.254 e. The predicted octanol–water partition coefficient (Wildman–Crippen LogP) is 2.89. The molecule has 1 atom stereocenters. The molecule has 2 aromatic carbocycles. The van der Waals surface area contributed by atoms with Gasteiger partial charge in [0.25, 0.3) is 5.91 Å². The standard InChI is InChI=1S/C21H24N2O4/c1-14-6-5-7-16(12-14)21(25)22-10-11-23(20(24)15(22)2)17-8-9-18(26-3)19(13-17)27-4/h5-9,12-13,15H,10-11H2,1-4H3/t15-/m1/s1. The van der Waals surface area contributed by atoms with Gasteiger partial charge in [0.05, 0.1) is 14.2 Å². The molecule has 0 N–H and O–H groups in total. The predicted molar refractivity (Wildman–Crippen MR) is 104 cm³/mol. The first-order valence-corrected chi connectivity index (χ1v) is 8.87. The molecule has 0 aromatic heterocycles. The van der Waals surface area contributed by atoms with E-state index in [9.17, 15) is 9.59 Å². The van der Waals surface area contributed by atoms with Crippen molar-refractivity contribution in [2.75, 3.05) is 32.2 Å². The van der Waals surface area contributed by atoms with Crippen LogP contribution < -0.4 is 14.4 Å². The maximum Gasteiger partial charge on any atom is 0.254 e. The highest BCUT2D eigenvalue weighted by atomic mass is 16.5. The molecular formula is C21H24N2O4. The van der Waals surface area contributed by atoms with E-state index in [1.165, 1.54) is 0 Å². The Balaban J connectivity index is 1.81. The molecule has 0 unspecified atom stereocenters. The quantitative estimate of drug-likeness (QED) is 0.833. The lowest BCUT2D eigenvalue weighted by Gasteiger charge is -2.39. The molecule has 0 bridgehead atoms. The zero-order valence-electron chi connectivity index (χ0n) is 16.1. The second kappa shape index (κ2) is 7.70. The molecule has 0 aliphatic carbocycles. The Hall–Kier alpha value is -3.02. The molecule has 1 aliphatic heterocycles. The summed E-state index contributed by atoms with van der Waals surface area (Å²) in [5.74, 6) is 0.935. The zero-order chi connectivity index (χ0) is 19.6. The topological polar surface area (TPSA) is 59.1 Å². The second-order valence-electron chi connectivity index (χ2n) is 6.57. The molecule has 1 saturated heterocycles. The van der Waals surface area contributed by atoms with Crippen LogP contribution in [0.3, 0.4) is 0 Å². The minimum Gasteiger partial charge on any atom is -0.493 e. The van der Waals surface area contributed by atoms with Crippen molar-refractivity contribution in [2.24, 2.45) is 0 Å². The molecule has 2 aromatic rings. The van der Waals surface area contributed by atoms with Crippen molar-refractivity contribution in [2.45, 2.75) is 19.9 Å². The Bertz CT molecular complexity index is 865. The average molecular weight is 368 g/mol. The van der Waals surface area contributed by atoms with Gasteiger partial charge in [-0.05, 0) is 38.1 Å². The molecule has 0 spiro atoms. The van der Waals surface area contributed by atoms with Gasteiger partial charge in [-0.2, -0.15) is 0 Å². The zero-order valence-corrected chi connectivity index (χ0v) is 16.1. The van der Waals surface area contributed by atoms with Gasteiger partial charge in [0.15, 0.2) is 11.5 Å². The minimum atomic E-state index is -0.542. The summed E-state index contributed by atoms with van der Waals surface area (Å²) in [4.78, 5) is 29.1. The van der Waals surface area contributed by atoms with Crippen LogP contribution in [-0.2, 0) is 4.79 Å². The van der Waals surface area contributed by atoms with E-state index in [1.807, 2.05) is 31.2 Å². The van der Waals surface area contributed by atoms with E-state index in [1.54, 1.807) is 49.1 Å². The van der Waals surface area contributed by atoms with E-state index in [4.69, 9.17) is 9.47 Å². The van der Waals surface area contributed by atoms with Crippen LogP contribution in [0.2, 0.25) is 0 Å². The number of methoxy groups -OCH3 is 2. The molecule has 1 heterocycles. The molecule has 0 saturated carbocycles. The molecule has 3 rings (SSSR count). The van der Waals surface area contributed by atoms with Gasteiger partial charge < -0.3 is 19.3 Å². The van der Waals surface area contributed by atoms with E-state index in [2.05, 4.69) is 0 Å². The number of piperazine rings is 1. The van der Waals surface area contributed by atoms with E-state index in [0.29, 0.717) is 30.2 Å². The first-order chi connectivity index (χ1) is 13.0. The van der Waals surface area contributed by atoms with Crippen molar-refractivity contribution in [3.63, 3.8) is 0 Å². The van der Waals surface area contributed by atoms with Crippen LogP contribution in [0.15, 0.2) is 42.5 Å². The van der Waals surface area contributed by atoms with Crippen molar-refractivity contribution in [1.29, 1.82) is 0 Å². The molecule has 6 heteroatoms. The minimum absolute atomic E-state index is 0.116. The Kier molecular flexibility index (Phi) is 5.35. The maximum atomic E-state index is 13.0. The Morgan fingerprint density at radius 3 is 2.44 bits per heavy atom. The van der Waals surface area contributed by atoms with Crippen LogP contribution >= 0.6 is 0 Å². The molecule has 1 aliphatic rings. The van der Waals surface area contributed by atoms with Crippen LogP contribution in [0.25, 0.3) is 0 Å². The summed E-state index contributed by atoms with van der Waals surface area (Å²) < 4.78 is 10.6. The molecule has 27 heavy (non-hydrogen) atoms. The highest BCUT2D eigenvalue weighted by Gasteiger charge is 2.35. The lowest BCUT2D eigenvalue weighted by Crippen LogP contribution is -2.57. The Morgan fingerprint density at radius 2 is 1.78 bits per heavy atom. The third-order valence-electron chi connectivity index (χ3n) is 4.86.